The van der Waals surface area contributed by atoms with Crippen LogP contribution in [0, 0.1) is 11.6 Å². The Morgan fingerprint density at radius 1 is 1.16 bits per heavy atom. The second kappa shape index (κ2) is 12.8. The summed E-state index contributed by atoms with van der Waals surface area (Å²) >= 11 is 0. The summed E-state index contributed by atoms with van der Waals surface area (Å²) in [6.45, 7) is 0.0507. The molecule has 3 aromatic rings. The van der Waals surface area contributed by atoms with Gasteiger partial charge in [0.15, 0.2) is 0 Å². The maximum Gasteiger partial charge on any atom is 0.213 e. The minimum atomic E-state index is -0.908. The number of benzene rings is 1. The van der Waals surface area contributed by atoms with Gasteiger partial charge in [-0.1, -0.05) is 24.3 Å². The molecule has 1 aromatic carbocycles. The van der Waals surface area contributed by atoms with Crippen molar-refractivity contribution in [2.45, 2.75) is 43.6 Å². The lowest BCUT2D eigenvalue weighted by Gasteiger charge is -2.37. The molecule has 9 heteroatoms. The first-order valence-corrected chi connectivity index (χ1v) is 12.2. The minimum Gasteiger partial charge on any atom is -0.481 e. The lowest BCUT2D eigenvalue weighted by atomic mass is 9.94. The van der Waals surface area contributed by atoms with E-state index in [2.05, 4.69) is 15.3 Å². The van der Waals surface area contributed by atoms with Crippen LogP contribution in [0.25, 0.3) is 23.2 Å². The Balaban J connectivity index is 1.41. The van der Waals surface area contributed by atoms with Crippen molar-refractivity contribution in [2.24, 2.45) is 0 Å². The Bertz CT molecular complexity index is 1250. The van der Waals surface area contributed by atoms with Gasteiger partial charge in [0, 0.05) is 42.4 Å². The number of fused-ring (bicyclic) bond motifs is 1. The Morgan fingerprint density at radius 3 is 2.84 bits per heavy atom. The van der Waals surface area contributed by atoms with Gasteiger partial charge < -0.3 is 25.0 Å². The molecule has 0 amide bonds. The number of methoxy groups -OCH3 is 1. The van der Waals surface area contributed by atoms with Crippen LogP contribution in [0.15, 0.2) is 54.7 Å². The summed E-state index contributed by atoms with van der Waals surface area (Å²) in [6.07, 6.45) is 9.21. The number of aliphatic hydroxyl groups excluding tert-OH is 2. The van der Waals surface area contributed by atoms with Crippen LogP contribution in [0.1, 0.15) is 30.4 Å². The average Bonchev–Trinajstić information content (AvgIpc) is 2.92. The topological polar surface area (TPSA) is 96.7 Å². The van der Waals surface area contributed by atoms with Crippen molar-refractivity contribution in [3.8, 4) is 5.88 Å². The fourth-order valence-electron chi connectivity index (χ4n) is 4.39. The van der Waals surface area contributed by atoms with Gasteiger partial charge >= 0.3 is 0 Å². The number of aromatic nitrogens is 2. The Kier molecular flexibility index (Phi) is 9.29. The first kappa shape index (κ1) is 26.8. The van der Waals surface area contributed by atoms with Gasteiger partial charge in [-0.3, -0.25) is 4.98 Å². The van der Waals surface area contributed by atoms with Gasteiger partial charge in [-0.15, -0.1) is 0 Å². The van der Waals surface area contributed by atoms with E-state index in [0.29, 0.717) is 12.4 Å². The summed E-state index contributed by atoms with van der Waals surface area (Å²) in [6, 6.07) is 8.73. The molecule has 0 aliphatic carbocycles. The van der Waals surface area contributed by atoms with Crippen LogP contribution < -0.4 is 10.1 Å². The number of nitrogens with zero attached hydrogens (tertiary/aromatic N) is 2. The molecule has 0 radical (unpaired) electrons. The molecule has 1 aliphatic heterocycles. The molecule has 0 unspecified atom stereocenters. The number of halogens is 2. The fraction of sp³-hybridized carbons (Fsp3) is 0.357. The van der Waals surface area contributed by atoms with Gasteiger partial charge in [-0.05, 0) is 43.2 Å². The maximum atomic E-state index is 13.8. The number of nitrogens with one attached hydrogen (secondary N) is 1. The van der Waals surface area contributed by atoms with E-state index in [1.807, 2.05) is 24.3 Å². The van der Waals surface area contributed by atoms with Gasteiger partial charge in [-0.25, -0.2) is 13.8 Å². The van der Waals surface area contributed by atoms with E-state index >= 15 is 0 Å². The van der Waals surface area contributed by atoms with E-state index in [0.717, 1.165) is 47.6 Å². The largest absolute Gasteiger partial charge is 0.481 e. The molecule has 1 saturated heterocycles. The molecule has 2 aromatic heterocycles. The SMILES string of the molecule is COc1ccc2nccc(/C=C/[C@@H]3CC[C@@H](NC/C=C/c4cc(F)ccc4F)[C@@H](C[C@H](O)CO)O3)c2n1. The second-order valence-electron chi connectivity index (χ2n) is 8.93. The summed E-state index contributed by atoms with van der Waals surface area (Å²) in [4.78, 5) is 8.86. The highest BCUT2D eigenvalue weighted by Crippen LogP contribution is 2.26. The highest BCUT2D eigenvalue weighted by atomic mass is 19.1. The third kappa shape index (κ3) is 7.17. The molecule has 37 heavy (non-hydrogen) atoms. The van der Waals surface area contributed by atoms with E-state index in [1.54, 1.807) is 25.4 Å². The quantitative estimate of drug-likeness (QED) is 0.380. The van der Waals surface area contributed by atoms with Gasteiger partial charge in [0.2, 0.25) is 5.88 Å². The van der Waals surface area contributed by atoms with Crippen molar-refractivity contribution in [3.63, 3.8) is 0 Å². The predicted molar refractivity (Wildman–Crippen MR) is 138 cm³/mol. The highest BCUT2D eigenvalue weighted by molar-refractivity contribution is 5.84. The first-order valence-electron chi connectivity index (χ1n) is 12.2. The zero-order valence-electron chi connectivity index (χ0n) is 20.6. The van der Waals surface area contributed by atoms with Crippen molar-refractivity contribution >= 4 is 23.2 Å². The van der Waals surface area contributed by atoms with Crippen LogP contribution in [-0.2, 0) is 4.74 Å². The predicted octanol–water partition coefficient (Wildman–Crippen LogP) is 3.89. The number of hydrogen-bond donors (Lipinski definition) is 3. The molecule has 4 rings (SSSR count). The summed E-state index contributed by atoms with van der Waals surface area (Å²) in [7, 11) is 1.57. The van der Waals surface area contributed by atoms with Crippen molar-refractivity contribution in [1.82, 2.24) is 15.3 Å². The standard InChI is InChI=1S/C28H31F2N3O4/c1-36-27-11-10-25-28(33-27)18(12-14-32-25)4-6-22-7-9-24(26(37-22)16-21(35)17-34)31-13-2-3-19-15-20(29)5-8-23(19)30/h2-6,8,10-12,14-15,21-22,24,26,31,34-35H,7,9,13,16-17H2,1H3/b3-2+,6-4+/t21-,22+,24+,26+/m0/s1. The molecule has 3 heterocycles. The lowest BCUT2D eigenvalue weighted by molar-refractivity contribution is -0.0714. The van der Waals surface area contributed by atoms with Gasteiger partial charge in [0.1, 0.15) is 11.6 Å². The second-order valence-corrected chi connectivity index (χ2v) is 8.93. The van der Waals surface area contributed by atoms with E-state index < -0.39 is 17.7 Å². The smallest absolute Gasteiger partial charge is 0.213 e. The molecule has 3 N–H and O–H groups in total. The maximum absolute atomic E-state index is 13.8. The third-order valence-corrected chi connectivity index (χ3v) is 6.32. The monoisotopic (exact) mass is 511 g/mol. The van der Waals surface area contributed by atoms with Crippen LogP contribution in [0.2, 0.25) is 0 Å². The van der Waals surface area contributed by atoms with Crippen LogP contribution in [0.4, 0.5) is 8.78 Å². The molecule has 1 fully saturated rings. The fourth-order valence-corrected chi connectivity index (χ4v) is 4.39. The number of aliphatic hydroxyl groups is 2. The van der Waals surface area contributed by atoms with E-state index in [-0.39, 0.29) is 36.8 Å². The van der Waals surface area contributed by atoms with Crippen molar-refractivity contribution < 1.29 is 28.5 Å². The van der Waals surface area contributed by atoms with Crippen LogP contribution in [0.3, 0.4) is 0 Å². The number of rotatable bonds is 10. The highest BCUT2D eigenvalue weighted by Gasteiger charge is 2.31. The minimum absolute atomic E-state index is 0.0828. The number of pyridine rings is 2. The lowest BCUT2D eigenvalue weighted by Crippen LogP contribution is -2.48. The van der Waals surface area contributed by atoms with Crippen molar-refractivity contribution in [1.29, 1.82) is 0 Å². The zero-order chi connectivity index (χ0) is 26.2. The first-order chi connectivity index (χ1) is 18.0. The van der Waals surface area contributed by atoms with Crippen molar-refractivity contribution in [2.75, 3.05) is 20.3 Å². The summed E-state index contributed by atoms with van der Waals surface area (Å²) < 4.78 is 38.7. The average molecular weight is 512 g/mol. The van der Waals surface area contributed by atoms with E-state index in [4.69, 9.17) is 9.47 Å². The summed E-state index contributed by atoms with van der Waals surface area (Å²) in [5, 5.41) is 22.8. The molecule has 4 atom stereocenters. The number of ether oxygens (including phenoxy) is 2. The van der Waals surface area contributed by atoms with Crippen LogP contribution in [0.5, 0.6) is 5.88 Å². The van der Waals surface area contributed by atoms with E-state index in [9.17, 15) is 19.0 Å². The Hall–Kier alpha value is -3.24. The van der Waals surface area contributed by atoms with Crippen LogP contribution >= 0.6 is 0 Å². The Labute approximate surface area is 214 Å². The molecular weight excluding hydrogens is 480 g/mol. The molecule has 0 saturated carbocycles. The molecular formula is C28H31F2N3O4. The Morgan fingerprint density at radius 2 is 2.03 bits per heavy atom. The van der Waals surface area contributed by atoms with Gasteiger partial charge in [0.25, 0.3) is 0 Å². The molecule has 1 aliphatic rings. The van der Waals surface area contributed by atoms with E-state index in [1.165, 1.54) is 6.08 Å². The number of hydrogen-bond acceptors (Lipinski definition) is 7. The van der Waals surface area contributed by atoms with Gasteiger partial charge in [0.05, 0.1) is 43.1 Å². The van der Waals surface area contributed by atoms with Crippen LogP contribution in [-0.4, -0.2) is 64.8 Å². The normalized spacial score (nSPS) is 21.2. The van der Waals surface area contributed by atoms with Crippen molar-refractivity contribution in [3.05, 3.63) is 77.5 Å². The summed E-state index contributed by atoms with van der Waals surface area (Å²) in [5.41, 5.74) is 2.54. The van der Waals surface area contributed by atoms with Gasteiger partial charge in [-0.2, -0.15) is 0 Å². The third-order valence-electron chi connectivity index (χ3n) is 6.32. The molecule has 0 spiro atoms. The molecule has 196 valence electrons. The molecule has 7 nitrogen and oxygen atoms in total. The zero-order valence-corrected chi connectivity index (χ0v) is 20.6. The molecule has 0 bridgehead atoms. The summed E-state index contributed by atoms with van der Waals surface area (Å²) in [5.74, 6) is -0.486.